The topological polar surface area (TPSA) is 87.7 Å². The molecule has 9 heteroatoms. The Morgan fingerprint density at radius 3 is 2.29 bits per heavy atom. The lowest BCUT2D eigenvalue weighted by molar-refractivity contribution is 0.141. The Morgan fingerprint density at radius 1 is 0.895 bits per heavy atom. The van der Waals surface area contributed by atoms with Gasteiger partial charge < -0.3 is 10.1 Å². The van der Waals surface area contributed by atoms with E-state index >= 15 is 0 Å². The van der Waals surface area contributed by atoms with E-state index in [2.05, 4.69) is 41.4 Å². The van der Waals surface area contributed by atoms with Crippen molar-refractivity contribution in [2.45, 2.75) is 24.3 Å². The standard InChI is InChI=1S/C29H33N5O3S/c1-22(33-18-20-34(21-19-33)38(35,36)25-14-12-24(37-2)13-15-25)28-31-27-11-7-6-10-26(27)29(32-28)30-17-16-23-8-4-3-5-9-23/h3-15,22H,16-21H2,1-2H3,(H,30,31,32)/t22-/m1/s1. The molecule has 3 aromatic carbocycles. The van der Waals surface area contributed by atoms with Crippen molar-refractivity contribution < 1.29 is 13.2 Å². The third-order valence-electron chi connectivity index (χ3n) is 7.06. The summed E-state index contributed by atoms with van der Waals surface area (Å²) in [4.78, 5) is 12.3. The van der Waals surface area contributed by atoms with Gasteiger partial charge in [0.25, 0.3) is 0 Å². The molecule has 0 unspecified atom stereocenters. The van der Waals surface area contributed by atoms with E-state index < -0.39 is 10.0 Å². The average Bonchev–Trinajstić information content (AvgIpc) is 2.97. The van der Waals surface area contributed by atoms with Crippen LogP contribution in [0.4, 0.5) is 5.82 Å². The van der Waals surface area contributed by atoms with Crippen LogP contribution in [0.25, 0.3) is 10.9 Å². The van der Waals surface area contributed by atoms with Gasteiger partial charge in [-0.15, -0.1) is 0 Å². The average molecular weight is 532 g/mol. The van der Waals surface area contributed by atoms with Crippen molar-refractivity contribution in [3.63, 3.8) is 0 Å². The highest BCUT2D eigenvalue weighted by Gasteiger charge is 2.31. The molecule has 0 spiro atoms. The largest absolute Gasteiger partial charge is 0.497 e. The summed E-state index contributed by atoms with van der Waals surface area (Å²) in [6.07, 6.45) is 0.898. The van der Waals surface area contributed by atoms with Gasteiger partial charge in [0.15, 0.2) is 0 Å². The molecule has 1 atom stereocenters. The monoisotopic (exact) mass is 531 g/mol. The van der Waals surface area contributed by atoms with Gasteiger partial charge in [-0.1, -0.05) is 42.5 Å². The van der Waals surface area contributed by atoms with E-state index in [0.717, 1.165) is 35.5 Å². The van der Waals surface area contributed by atoms with Crippen molar-refractivity contribution in [2.24, 2.45) is 0 Å². The minimum atomic E-state index is -3.56. The molecule has 0 bridgehead atoms. The summed E-state index contributed by atoms with van der Waals surface area (Å²) in [5, 5.41) is 4.51. The number of para-hydroxylation sites is 1. The lowest BCUT2D eigenvalue weighted by Gasteiger charge is -2.36. The summed E-state index contributed by atoms with van der Waals surface area (Å²) in [5.74, 6) is 2.19. The summed E-state index contributed by atoms with van der Waals surface area (Å²) >= 11 is 0. The van der Waals surface area contributed by atoms with Crippen molar-refractivity contribution in [2.75, 3.05) is 45.2 Å². The molecule has 38 heavy (non-hydrogen) atoms. The lowest BCUT2D eigenvalue weighted by atomic mass is 10.1. The molecule has 1 fully saturated rings. The summed E-state index contributed by atoms with van der Waals surface area (Å²) in [7, 11) is -2.00. The number of sulfonamides is 1. The molecule has 1 saturated heterocycles. The molecular weight excluding hydrogens is 498 g/mol. The molecule has 1 N–H and O–H groups in total. The van der Waals surface area contributed by atoms with Crippen LogP contribution in [0.5, 0.6) is 5.75 Å². The summed E-state index contributed by atoms with van der Waals surface area (Å²) in [6.45, 7) is 4.88. The van der Waals surface area contributed by atoms with Crippen LogP contribution in [0.15, 0.2) is 83.8 Å². The van der Waals surface area contributed by atoms with Crippen molar-refractivity contribution in [3.05, 3.63) is 90.3 Å². The second-order valence-corrected chi connectivity index (χ2v) is 11.3. The Balaban J connectivity index is 1.28. The van der Waals surface area contributed by atoms with Gasteiger partial charge in [0, 0.05) is 38.1 Å². The number of piperazine rings is 1. The van der Waals surface area contributed by atoms with E-state index in [1.54, 1.807) is 35.7 Å². The van der Waals surface area contributed by atoms with Gasteiger partial charge in [-0.3, -0.25) is 4.90 Å². The van der Waals surface area contributed by atoms with Crippen molar-refractivity contribution in [3.8, 4) is 5.75 Å². The molecule has 1 aromatic heterocycles. The Morgan fingerprint density at radius 2 is 1.58 bits per heavy atom. The summed E-state index contributed by atoms with van der Waals surface area (Å²) in [6, 6.07) is 24.9. The zero-order chi connectivity index (χ0) is 26.5. The minimum Gasteiger partial charge on any atom is -0.497 e. The van der Waals surface area contributed by atoms with E-state index in [0.29, 0.717) is 31.9 Å². The fraction of sp³-hybridized carbons (Fsp3) is 0.310. The fourth-order valence-corrected chi connectivity index (χ4v) is 6.20. The Labute approximate surface area is 224 Å². The highest BCUT2D eigenvalue weighted by Crippen LogP contribution is 2.27. The maximum Gasteiger partial charge on any atom is 0.243 e. The highest BCUT2D eigenvalue weighted by molar-refractivity contribution is 7.89. The molecule has 198 valence electrons. The highest BCUT2D eigenvalue weighted by atomic mass is 32.2. The Kier molecular flexibility index (Phi) is 7.87. The summed E-state index contributed by atoms with van der Waals surface area (Å²) in [5.41, 5.74) is 2.17. The number of methoxy groups -OCH3 is 1. The first-order chi connectivity index (χ1) is 18.5. The zero-order valence-corrected chi connectivity index (χ0v) is 22.6. The van der Waals surface area contributed by atoms with Gasteiger partial charge in [-0.25, -0.2) is 18.4 Å². The quantitative estimate of drug-likeness (QED) is 0.343. The van der Waals surface area contributed by atoms with E-state index in [4.69, 9.17) is 14.7 Å². The van der Waals surface area contributed by atoms with E-state index in [1.165, 1.54) is 5.56 Å². The fourth-order valence-electron chi connectivity index (χ4n) is 4.78. The van der Waals surface area contributed by atoms with Crippen molar-refractivity contribution in [1.29, 1.82) is 0 Å². The normalized spacial score (nSPS) is 15.8. The molecule has 0 radical (unpaired) electrons. The number of nitrogens with zero attached hydrogens (tertiary/aromatic N) is 4. The number of aromatic nitrogens is 2. The molecule has 1 aliphatic rings. The number of ether oxygens (including phenoxy) is 1. The first kappa shape index (κ1) is 26.1. The minimum absolute atomic E-state index is 0.0554. The number of hydrogen-bond acceptors (Lipinski definition) is 7. The number of nitrogens with one attached hydrogen (secondary N) is 1. The molecule has 2 heterocycles. The third-order valence-corrected chi connectivity index (χ3v) is 8.97. The number of anilines is 1. The van der Waals surface area contributed by atoms with Crippen LogP contribution in [0, 0.1) is 0 Å². The van der Waals surface area contributed by atoms with Crippen LogP contribution in [0.3, 0.4) is 0 Å². The summed E-state index contributed by atoms with van der Waals surface area (Å²) < 4.78 is 33.0. The van der Waals surface area contributed by atoms with Crippen LogP contribution in [-0.4, -0.2) is 67.4 Å². The van der Waals surface area contributed by atoms with Gasteiger partial charge in [0.2, 0.25) is 10.0 Å². The second kappa shape index (κ2) is 11.5. The van der Waals surface area contributed by atoms with Gasteiger partial charge in [0.1, 0.15) is 17.4 Å². The molecule has 8 nitrogen and oxygen atoms in total. The second-order valence-electron chi connectivity index (χ2n) is 9.40. The molecular formula is C29H33N5O3S. The SMILES string of the molecule is COc1ccc(S(=O)(=O)N2CCN([C@H](C)c3nc(NCCc4ccccc4)c4ccccc4n3)CC2)cc1. The molecule has 5 rings (SSSR count). The number of benzene rings is 3. The predicted octanol–water partition coefficient (Wildman–Crippen LogP) is 4.36. The number of hydrogen-bond donors (Lipinski definition) is 1. The first-order valence-corrected chi connectivity index (χ1v) is 14.3. The number of rotatable bonds is 9. The van der Waals surface area contributed by atoms with E-state index in [1.807, 2.05) is 30.3 Å². The van der Waals surface area contributed by atoms with Gasteiger partial charge in [-0.2, -0.15) is 4.31 Å². The molecule has 0 aliphatic carbocycles. The van der Waals surface area contributed by atoms with Crippen LogP contribution in [-0.2, 0) is 16.4 Å². The molecule has 0 saturated carbocycles. The van der Waals surface area contributed by atoms with Crippen molar-refractivity contribution in [1.82, 2.24) is 19.2 Å². The van der Waals surface area contributed by atoms with E-state index in [-0.39, 0.29) is 10.9 Å². The lowest BCUT2D eigenvalue weighted by Crippen LogP contribution is -2.49. The van der Waals surface area contributed by atoms with Crippen LogP contribution in [0.2, 0.25) is 0 Å². The van der Waals surface area contributed by atoms with Crippen LogP contribution in [0.1, 0.15) is 24.4 Å². The zero-order valence-electron chi connectivity index (χ0n) is 21.7. The first-order valence-electron chi connectivity index (χ1n) is 12.9. The van der Waals surface area contributed by atoms with Gasteiger partial charge >= 0.3 is 0 Å². The molecule has 0 amide bonds. The Hall–Kier alpha value is -3.53. The van der Waals surface area contributed by atoms with Gasteiger partial charge in [0.05, 0.1) is 23.6 Å². The number of fused-ring (bicyclic) bond motifs is 1. The van der Waals surface area contributed by atoms with E-state index in [9.17, 15) is 8.42 Å². The molecule has 4 aromatic rings. The third kappa shape index (κ3) is 5.65. The smallest absolute Gasteiger partial charge is 0.243 e. The Bertz CT molecular complexity index is 1470. The predicted molar refractivity (Wildman–Crippen MR) is 150 cm³/mol. The molecule has 1 aliphatic heterocycles. The van der Waals surface area contributed by atoms with Gasteiger partial charge in [-0.05, 0) is 55.3 Å². The van der Waals surface area contributed by atoms with Crippen molar-refractivity contribution >= 4 is 26.7 Å². The van der Waals surface area contributed by atoms with Crippen LogP contribution >= 0.6 is 0 Å². The van der Waals surface area contributed by atoms with Crippen LogP contribution < -0.4 is 10.1 Å². The maximum atomic E-state index is 13.2. The maximum absolute atomic E-state index is 13.2.